The second-order valence-electron chi connectivity index (χ2n) is 8.71. The molecule has 0 saturated heterocycles. The van der Waals surface area contributed by atoms with Crippen LogP contribution in [-0.4, -0.2) is 49.4 Å². The summed E-state index contributed by atoms with van der Waals surface area (Å²) in [6, 6.07) is 3.61. The molecule has 1 rings (SSSR count). The van der Waals surface area contributed by atoms with Crippen molar-refractivity contribution in [3.05, 3.63) is 23.8 Å². The van der Waals surface area contributed by atoms with E-state index in [4.69, 9.17) is 29.4 Å². The lowest BCUT2D eigenvalue weighted by molar-refractivity contribution is -0.152. The minimum absolute atomic E-state index is 0.0679. The van der Waals surface area contributed by atoms with Gasteiger partial charge in [0.25, 0.3) is 0 Å². The van der Waals surface area contributed by atoms with Gasteiger partial charge in [-0.1, -0.05) is 40.7 Å². The monoisotopic (exact) mass is 509 g/mol. The third-order valence-corrected chi connectivity index (χ3v) is 5.39. The van der Waals surface area contributed by atoms with Gasteiger partial charge in [0.15, 0.2) is 11.5 Å². The molecule has 1 aromatic rings. The maximum Gasteiger partial charge on any atom is 0.508 e. The zero-order valence-electron chi connectivity index (χ0n) is 22.0. The number of hydrogen-bond acceptors (Lipinski definition) is 10. The molecular formula is C26H39NO9. The van der Waals surface area contributed by atoms with Crippen molar-refractivity contribution in [3.8, 4) is 11.5 Å². The Kier molecular flexibility index (Phi) is 13.5. The van der Waals surface area contributed by atoms with Crippen LogP contribution in [0.5, 0.6) is 11.5 Å². The van der Waals surface area contributed by atoms with E-state index in [1.165, 1.54) is 12.1 Å². The molecule has 10 heteroatoms. The van der Waals surface area contributed by atoms with Gasteiger partial charge < -0.3 is 29.4 Å². The van der Waals surface area contributed by atoms with Gasteiger partial charge in [0.2, 0.25) is 0 Å². The third kappa shape index (κ3) is 10.6. The first kappa shape index (κ1) is 30.9. The van der Waals surface area contributed by atoms with E-state index >= 15 is 0 Å². The normalized spacial score (nSPS) is 14.1. The number of hydrogen-bond donors (Lipinski definition) is 1. The molecular weight excluding hydrogens is 470 g/mol. The van der Waals surface area contributed by atoms with E-state index in [1.807, 2.05) is 20.8 Å². The second kappa shape index (κ2) is 15.8. The minimum atomic E-state index is -1.04. The first-order valence-corrected chi connectivity index (χ1v) is 12.3. The predicted octanol–water partition coefficient (Wildman–Crippen LogP) is 3.95. The quantitative estimate of drug-likeness (QED) is 0.289. The van der Waals surface area contributed by atoms with Crippen molar-refractivity contribution in [2.75, 3.05) is 13.2 Å². The Morgan fingerprint density at radius 1 is 0.833 bits per heavy atom. The maximum atomic E-state index is 12.4. The van der Waals surface area contributed by atoms with Crippen LogP contribution in [0.1, 0.15) is 66.4 Å². The van der Waals surface area contributed by atoms with E-state index in [0.717, 1.165) is 0 Å². The van der Waals surface area contributed by atoms with Crippen LogP contribution in [0.2, 0.25) is 0 Å². The van der Waals surface area contributed by atoms with Crippen LogP contribution in [0.3, 0.4) is 0 Å². The van der Waals surface area contributed by atoms with E-state index in [-0.39, 0.29) is 43.0 Å². The zero-order chi connectivity index (χ0) is 27.3. The molecule has 10 nitrogen and oxygen atoms in total. The molecule has 2 N–H and O–H groups in total. The summed E-state index contributed by atoms with van der Waals surface area (Å²) in [7, 11) is 0. The van der Waals surface area contributed by atoms with Crippen molar-refractivity contribution in [1.29, 1.82) is 0 Å². The molecule has 1 aromatic carbocycles. The fraction of sp³-hybridized carbons (Fsp3) is 0.615. The molecule has 4 atom stereocenters. The lowest BCUT2D eigenvalue weighted by atomic mass is 10.1. The van der Waals surface area contributed by atoms with Crippen molar-refractivity contribution < 1.29 is 42.9 Å². The van der Waals surface area contributed by atoms with Crippen LogP contribution in [0, 0.1) is 11.8 Å². The highest BCUT2D eigenvalue weighted by Crippen LogP contribution is 2.31. The van der Waals surface area contributed by atoms with Crippen molar-refractivity contribution >= 4 is 24.1 Å². The predicted molar refractivity (Wildman–Crippen MR) is 131 cm³/mol. The van der Waals surface area contributed by atoms with Crippen LogP contribution in [-0.2, 0) is 35.0 Å². The fourth-order valence-corrected chi connectivity index (χ4v) is 2.66. The van der Waals surface area contributed by atoms with Gasteiger partial charge in [0.05, 0.1) is 18.4 Å². The molecule has 0 aromatic heterocycles. The SMILES string of the molecule is CCCOC(=O)OC[C@H](C)OC(=O)[C@@H](N)Cc1ccc(OC(=O)C(C)CC)c(OC(=O)C(C)CC)c1. The number of carbonyl (C=O) groups excluding carboxylic acids is 4. The molecule has 0 heterocycles. The van der Waals surface area contributed by atoms with Gasteiger partial charge in [0.1, 0.15) is 18.8 Å². The molecule has 0 aliphatic carbocycles. The summed E-state index contributed by atoms with van der Waals surface area (Å²) in [5, 5.41) is 0. The minimum Gasteiger partial charge on any atom is -0.458 e. The fourth-order valence-electron chi connectivity index (χ4n) is 2.66. The number of benzene rings is 1. The van der Waals surface area contributed by atoms with Gasteiger partial charge in [0, 0.05) is 0 Å². The highest BCUT2D eigenvalue weighted by Gasteiger charge is 2.23. The molecule has 0 fully saturated rings. The van der Waals surface area contributed by atoms with Crippen molar-refractivity contribution in [2.24, 2.45) is 17.6 Å². The Bertz CT molecular complexity index is 886. The van der Waals surface area contributed by atoms with Gasteiger partial charge in [-0.25, -0.2) is 4.79 Å². The topological polar surface area (TPSA) is 140 Å². The highest BCUT2D eigenvalue weighted by atomic mass is 16.7. The van der Waals surface area contributed by atoms with Crippen molar-refractivity contribution in [3.63, 3.8) is 0 Å². The maximum absolute atomic E-state index is 12.4. The Labute approximate surface area is 212 Å². The first-order chi connectivity index (χ1) is 17.0. The Balaban J connectivity index is 2.88. The Hall–Kier alpha value is -3.14. The van der Waals surface area contributed by atoms with Crippen LogP contribution >= 0.6 is 0 Å². The lowest BCUT2D eigenvalue weighted by Crippen LogP contribution is -2.37. The molecule has 0 aliphatic heterocycles. The summed E-state index contributed by atoms with van der Waals surface area (Å²) in [5.41, 5.74) is 6.59. The van der Waals surface area contributed by atoms with E-state index in [1.54, 1.807) is 26.8 Å². The Morgan fingerprint density at radius 3 is 1.97 bits per heavy atom. The van der Waals surface area contributed by atoms with E-state index in [2.05, 4.69) is 0 Å². The van der Waals surface area contributed by atoms with Crippen molar-refractivity contribution in [2.45, 2.75) is 79.4 Å². The average Bonchev–Trinajstić information content (AvgIpc) is 2.86. The highest BCUT2D eigenvalue weighted by molar-refractivity contribution is 5.79. The van der Waals surface area contributed by atoms with Gasteiger partial charge in [-0.3, -0.25) is 14.4 Å². The number of rotatable bonds is 14. The molecule has 202 valence electrons. The van der Waals surface area contributed by atoms with Gasteiger partial charge in [-0.05, 0) is 50.3 Å². The van der Waals surface area contributed by atoms with Crippen LogP contribution < -0.4 is 15.2 Å². The molecule has 36 heavy (non-hydrogen) atoms. The third-order valence-electron chi connectivity index (χ3n) is 5.39. The number of esters is 3. The summed E-state index contributed by atoms with van der Waals surface area (Å²) >= 11 is 0. The zero-order valence-corrected chi connectivity index (χ0v) is 22.0. The van der Waals surface area contributed by atoms with Crippen LogP contribution in [0.25, 0.3) is 0 Å². The van der Waals surface area contributed by atoms with Gasteiger partial charge in [-0.15, -0.1) is 0 Å². The summed E-state index contributed by atoms with van der Waals surface area (Å²) < 4.78 is 25.9. The van der Waals surface area contributed by atoms with E-state index in [9.17, 15) is 19.2 Å². The number of nitrogens with two attached hydrogens (primary N) is 1. The summed E-state index contributed by atoms with van der Waals surface area (Å²) in [6.45, 7) is 10.7. The van der Waals surface area contributed by atoms with Crippen LogP contribution in [0.4, 0.5) is 4.79 Å². The average molecular weight is 510 g/mol. The summed E-state index contributed by atoms with van der Waals surface area (Å²) in [5.74, 6) is -2.11. The first-order valence-electron chi connectivity index (χ1n) is 12.3. The smallest absolute Gasteiger partial charge is 0.458 e. The van der Waals surface area contributed by atoms with E-state index in [0.29, 0.717) is 24.8 Å². The summed E-state index contributed by atoms with van der Waals surface area (Å²) in [6.07, 6.45) is 0.339. The lowest BCUT2D eigenvalue weighted by Gasteiger charge is -2.18. The standard InChI is InChI=1S/C26H39NO9/c1-7-12-32-26(31)33-15-18(6)34-25(30)20(27)13-19-10-11-21(35-23(28)16(4)8-2)22(14-19)36-24(29)17(5)9-3/h10-11,14,16-18,20H,7-9,12-13,15,27H2,1-6H3/t16?,17?,18-,20-/m0/s1. The molecule has 0 spiro atoms. The second-order valence-corrected chi connectivity index (χ2v) is 8.71. The molecule has 0 aliphatic rings. The molecule has 0 amide bonds. The molecule has 0 saturated carbocycles. The van der Waals surface area contributed by atoms with E-state index < -0.39 is 36.2 Å². The number of carbonyl (C=O) groups is 4. The molecule has 2 unspecified atom stereocenters. The molecule has 0 bridgehead atoms. The van der Waals surface area contributed by atoms with Crippen LogP contribution in [0.15, 0.2) is 18.2 Å². The summed E-state index contributed by atoms with van der Waals surface area (Å²) in [4.78, 5) is 48.5. The largest absolute Gasteiger partial charge is 0.508 e. The number of ether oxygens (including phenoxy) is 5. The molecule has 0 radical (unpaired) electrons. The van der Waals surface area contributed by atoms with Crippen molar-refractivity contribution in [1.82, 2.24) is 0 Å². The van der Waals surface area contributed by atoms with Gasteiger partial charge in [-0.2, -0.15) is 0 Å². The Morgan fingerprint density at radius 2 is 1.42 bits per heavy atom. The van der Waals surface area contributed by atoms with Gasteiger partial charge >= 0.3 is 24.1 Å².